The van der Waals surface area contributed by atoms with E-state index < -0.39 is 21.0 Å². The summed E-state index contributed by atoms with van der Waals surface area (Å²) in [7, 11) is -3.65. The molecule has 0 fully saturated rings. The maximum atomic E-state index is 12.3. The number of nitro groups is 1. The number of hydrogen-bond acceptors (Lipinski definition) is 5. The monoisotopic (exact) mass is 364 g/mol. The molecule has 1 atom stereocenters. The fourth-order valence-electron chi connectivity index (χ4n) is 2.38. The van der Waals surface area contributed by atoms with Crippen molar-refractivity contribution in [2.24, 2.45) is 0 Å². The predicted octanol–water partition coefficient (Wildman–Crippen LogP) is 3.17. The first kappa shape index (κ1) is 18.9. The quantitative estimate of drug-likeness (QED) is 0.573. The highest BCUT2D eigenvalue weighted by atomic mass is 32.2. The summed E-state index contributed by atoms with van der Waals surface area (Å²) in [5.74, 6) is 0.397. The Labute approximate surface area is 146 Å². The highest BCUT2D eigenvalue weighted by Crippen LogP contribution is 2.20. The fourth-order valence-corrected chi connectivity index (χ4v) is 3.75. The maximum Gasteiger partial charge on any atom is 0.269 e. The molecule has 2 aromatic carbocycles. The summed E-state index contributed by atoms with van der Waals surface area (Å²) in [5.41, 5.74) is 1.03. The number of sulfonamides is 1. The maximum absolute atomic E-state index is 12.3. The van der Waals surface area contributed by atoms with Gasteiger partial charge in [-0.05, 0) is 37.1 Å². The largest absolute Gasteiger partial charge is 0.494 e. The smallest absolute Gasteiger partial charge is 0.269 e. The van der Waals surface area contributed by atoms with Gasteiger partial charge in [-0.3, -0.25) is 10.1 Å². The molecule has 0 unspecified atom stereocenters. The van der Waals surface area contributed by atoms with Gasteiger partial charge in [0.25, 0.3) is 5.69 Å². The molecule has 0 saturated carbocycles. The molecule has 0 aliphatic carbocycles. The zero-order valence-electron chi connectivity index (χ0n) is 14.0. The molecule has 0 aliphatic heterocycles. The van der Waals surface area contributed by atoms with Crippen LogP contribution >= 0.6 is 0 Å². The number of hydrogen-bond donors (Lipinski definition) is 1. The minimum Gasteiger partial charge on any atom is -0.494 e. The van der Waals surface area contributed by atoms with Gasteiger partial charge in [0, 0.05) is 18.2 Å². The standard InChI is InChI=1S/C17H20N2O5S/c1-3-24-17-9-7-15(8-10-17)13(2)18-25(22,23)12-14-5-4-6-16(11-14)19(20)21/h4-11,13,18H,3,12H2,1-2H3/t13-/m1/s1. The number of nitrogens with one attached hydrogen (secondary N) is 1. The zero-order valence-corrected chi connectivity index (χ0v) is 14.8. The molecule has 7 nitrogen and oxygen atoms in total. The first-order valence-corrected chi connectivity index (χ1v) is 9.42. The van der Waals surface area contributed by atoms with Crippen molar-refractivity contribution in [3.05, 3.63) is 69.8 Å². The highest BCUT2D eigenvalue weighted by Gasteiger charge is 2.18. The lowest BCUT2D eigenvalue weighted by atomic mass is 10.1. The molecule has 0 aliphatic rings. The van der Waals surface area contributed by atoms with Crippen LogP contribution in [0.2, 0.25) is 0 Å². The molecule has 1 N–H and O–H groups in total. The van der Waals surface area contributed by atoms with Crippen LogP contribution in [-0.4, -0.2) is 19.9 Å². The van der Waals surface area contributed by atoms with Gasteiger partial charge in [0.2, 0.25) is 10.0 Å². The van der Waals surface area contributed by atoms with Crippen LogP contribution in [0.15, 0.2) is 48.5 Å². The van der Waals surface area contributed by atoms with Crippen molar-refractivity contribution in [1.82, 2.24) is 4.72 Å². The molecule has 0 saturated heterocycles. The molecule has 0 radical (unpaired) electrons. The van der Waals surface area contributed by atoms with Crippen LogP contribution in [0.1, 0.15) is 31.0 Å². The van der Waals surface area contributed by atoms with Crippen molar-refractivity contribution >= 4 is 15.7 Å². The summed E-state index contributed by atoms with van der Waals surface area (Å²) in [6, 6.07) is 12.3. The van der Waals surface area contributed by atoms with E-state index in [0.29, 0.717) is 12.2 Å². The van der Waals surface area contributed by atoms with Crippen molar-refractivity contribution in [2.75, 3.05) is 6.61 Å². The van der Waals surface area contributed by atoms with Crippen LogP contribution in [0, 0.1) is 10.1 Å². The lowest BCUT2D eigenvalue weighted by molar-refractivity contribution is -0.384. The highest BCUT2D eigenvalue weighted by molar-refractivity contribution is 7.88. The SMILES string of the molecule is CCOc1ccc([C@@H](C)NS(=O)(=O)Cc2cccc([N+](=O)[O-])c2)cc1. The molecule has 0 amide bonds. The lowest BCUT2D eigenvalue weighted by Crippen LogP contribution is -2.28. The van der Waals surface area contributed by atoms with E-state index in [1.54, 1.807) is 37.3 Å². The molecule has 2 aromatic rings. The summed E-state index contributed by atoms with van der Waals surface area (Å²) in [6.07, 6.45) is 0. The van der Waals surface area contributed by atoms with Gasteiger partial charge in [0.05, 0.1) is 17.3 Å². The van der Waals surface area contributed by atoms with Gasteiger partial charge in [0.1, 0.15) is 5.75 Å². The van der Waals surface area contributed by atoms with Gasteiger partial charge in [-0.15, -0.1) is 0 Å². The minimum atomic E-state index is -3.65. The first-order valence-electron chi connectivity index (χ1n) is 7.77. The van der Waals surface area contributed by atoms with E-state index in [1.807, 2.05) is 6.92 Å². The van der Waals surface area contributed by atoms with Crippen molar-refractivity contribution in [1.29, 1.82) is 0 Å². The second-order valence-electron chi connectivity index (χ2n) is 5.53. The Hall–Kier alpha value is -2.45. The van der Waals surface area contributed by atoms with Crippen molar-refractivity contribution in [3.63, 3.8) is 0 Å². The summed E-state index contributed by atoms with van der Waals surface area (Å²) in [5, 5.41) is 10.8. The van der Waals surface area contributed by atoms with Crippen molar-refractivity contribution < 1.29 is 18.1 Å². The van der Waals surface area contributed by atoms with E-state index in [0.717, 1.165) is 11.3 Å². The second kappa shape index (κ2) is 8.09. The topological polar surface area (TPSA) is 98.5 Å². The van der Waals surface area contributed by atoms with Crippen LogP contribution in [0.25, 0.3) is 0 Å². The molecule has 0 bridgehead atoms. The normalized spacial score (nSPS) is 12.6. The Morgan fingerprint density at radius 2 is 1.88 bits per heavy atom. The van der Waals surface area contributed by atoms with Crippen LogP contribution in [0.5, 0.6) is 5.75 Å². The third kappa shape index (κ3) is 5.54. The summed E-state index contributed by atoms with van der Waals surface area (Å²) >= 11 is 0. The summed E-state index contributed by atoms with van der Waals surface area (Å²) in [4.78, 5) is 10.2. The van der Waals surface area contributed by atoms with E-state index in [-0.39, 0.29) is 11.4 Å². The number of nitrogens with zero attached hydrogens (tertiary/aromatic N) is 1. The van der Waals surface area contributed by atoms with Gasteiger partial charge in [-0.1, -0.05) is 24.3 Å². The third-order valence-electron chi connectivity index (χ3n) is 3.53. The van der Waals surface area contributed by atoms with Crippen molar-refractivity contribution in [3.8, 4) is 5.75 Å². The Balaban J connectivity index is 2.07. The van der Waals surface area contributed by atoms with E-state index in [9.17, 15) is 18.5 Å². The van der Waals surface area contributed by atoms with E-state index in [1.165, 1.54) is 18.2 Å². The minimum absolute atomic E-state index is 0.132. The van der Waals surface area contributed by atoms with Gasteiger partial charge in [-0.25, -0.2) is 13.1 Å². The van der Waals surface area contributed by atoms with Gasteiger partial charge < -0.3 is 4.74 Å². The predicted molar refractivity (Wildman–Crippen MR) is 94.9 cm³/mol. The number of non-ortho nitro benzene ring substituents is 1. The molecule has 2 rings (SSSR count). The van der Waals surface area contributed by atoms with Gasteiger partial charge >= 0.3 is 0 Å². The molecule has 0 spiro atoms. The average molecular weight is 364 g/mol. The second-order valence-corrected chi connectivity index (χ2v) is 7.28. The van der Waals surface area contributed by atoms with Crippen molar-refractivity contribution in [2.45, 2.75) is 25.6 Å². The Bertz CT molecular complexity index is 834. The van der Waals surface area contributed by atoms with E-state index in [2.05, 4.69) is 4.72 Å². The third-order valence-corrected chi connectivity index (χ3v) is 4.95. The fraction of sp³-hybridized carbons (Fsp3) is 0.294. The Morgan fingerprint density at radius 1 is 1.20 bits per heavy atom. The molecule has 25 heavy (non-hydrogen) atoms. The molecule has 134 valence electrons. The number of benzene rings is 2. The van der Waals surface area contributed by atoms with E-state index in [4.69, 9.17) is 4.74 Å². The Morgan fingerprint density at radius 3 is 2.48 bits per heavy atom. The Kier molecular flexibility index (Phi) is 6.11. The number of ether oxygens (including phenoxy) is 1. The molecular weight excluding hydrogens is 344 g/mol. The molecule has 8 heteroatoms. The summed E-state index contributed by atoms with van der Waals surface area (Å²) in [6.45, 7) is 4.18. The molecular formula is C17H20N2O5S. The zero-order chi connectivity index (χ0) is 18.4. The molecule has 0 aromatic heterocycles. The lowest BCUT2D eigenvalue weighted by Gasteiger charge is -2.15. The van der Waals surface area contributed by atoms with Crippen LogP contribution in [0.3, 0.4) is 0 Å². The van der Waals surface area contributed by atoms with Crippen LogP contribution in [0.4, 0.5) is 5.69 Å². The van der Waals surface area contributed by atoms with Crippen LogP contribution < -0.4 is 9.46 Å². The van der Waals surface area contributed by atoms with Gasteiger partial charge in [0.15, 0.2) is 0 Å². The van der Waals surface area contributed by atoms with Gasteiger partial charge in [-0.2, -0.15) is 0 Å². The number of nitro benzene ring substituents is 1. The van der Waals surface area contributed by atoms with Crippen LogP contribution in [-0.2, 0) is 15.8 Å². The number of rotatable bonds is 8. The first-order chi connectivity index (χ1) is 11.8. The van der Waals surface area contributed by atoms with E-state index >= 15 is 0 Å². The molecule has 0 heterocycles. The summed E-state index contributed by atoms with van der Waals surface area (Å²) < 4.78 is 32.6. The average Bonchev–Trinajstić information content (AvgIpc) is 2.55.